The first-order valence-corrected chi connectivity index (χ1v) is 6.30. The zero-order valence-corrected chi connectivity index (χ0v) is 10.7. The molecule has 1 N–H and O–H groups in total. The van der Waals surface area contributed by atoms with Crippen molar-refractivity contribution >= 4 is 23.2 Å². The Labute approximate surface area is 116 Å². The second-order valence-electron chi connectivity index (χ2n) is 4.52. The van der Waals surface area contributed by atoms with Crippen molar-refractivity contribution < 1.29 is 9.59 Å². The highest BCUT2D eigenvalue weighted by atomic mass is 16.2. The molecule has 0 bridgehead atoms. The molecule has 0 fully saturated rings. The summed E-state index contributed by atoms with van der Waals surface area (Å²) in [5.74, 6) is -0.648. The lowest BCUT2D eigenvalue weighted by Gasteiger charge is -1.98. The van der Waals surface area contributed by atoms with Crippen molar-refractivity contribution in [3.8, 4) is 0 Å². The zero-order chi connectivity index (χ0) is 13.9. The molecule has 0 radical (unpaired) electrons. The van der Waals surface area contributed by atoms with Crippen molar-refractivity contribution in [2.75, 3.05) is 5.32 Å². The first-order chi connectivity index (χ1) is 9.74. The van der Waals surface area contributed by atoms with Crippen LogP contribution in [0.4, 0.5) is 5.69 Å². The van der Waals surface area contributed by atoms with Gasteiger partial charge in [-0.05, 0) is 11.6 Å². The standard InChI is InChI=1S/C16H12N2O2/c19-14(10-11-6-2-1-3-7-11)18-15-12-8-4-5-9-13(12)17-16(15)20/h1-9H,10H2,(H,17,18,19,20). The molecule has 0 saturated carbocycles. The molecule has 20 heavy (non-hydrogen) atoms. The number of nitrogens with zero attached hydrogens (tertiary/aromatic N) is 1. The van der Waals surface area contributed by atoms with E-state index in [-0.39, 0.29) is 23.9 Å². The number of carbonyl (C=O) groups is 2. The highest BCUT2D eigenvalue weighted by molar-refractivity contribution is 6.54. The van der Waals surface area contributed by atoms with Gasteiger partial charge in [-0.1, -0.05) is 48.5 Å². The van der Waals surface area contributed by atoms with E-state index in [0.29, 0.717) is 11.3 Å². The summed E-state index contributed by atoms with van der Waals surface area (Å²) in [7, 11) is 0. The Kier molecular flexibility index (Phi) is 3.13. The molecule has 1 aliphatic rings. The number of hydrogen-bond acceptors (Lipinski definition) is 2. The van der Waals surface area contributed by atoms with E-state index in [4.69, 9.17) is 0 Å². The minimum Gasteiger partial charge on any atom is -0.320 e. The van der Waals surface area contributed by atoms with E-state index in [2.05, 4.69) is 10.3 Å². The molecule has 0 spiro atoms. The van der Waals surface area contributed by atoms with Gasteiger partial charge in [0.2, 0.25) is 0 Å². The third kappa shape index (κ3) is 2.36. The highest BCUT2D eigenvalue weighted by Gasteiger charge is 2.26. The van der Waals surface area contributed by atoms with Gasteiger partial charge in [-0.3, -0.25) is 9.59 Å². The summed E-state index contributed by atoms with van der Waals surface area (Å²) in [6, 6.07) is 16.6. The first-order valence-electron chi connectivity index (χ1n) is 6.30. The van der Waals surface area contributed by atoms with Crippen LogP contribution in [0.5, 0.6) is 0 Å². The topological polar surface area (TPSA) is 58.5 Å². The number of hydrogen-bond donors (Lipinski definition) is 1. The van der Waals surface area contributed by atoms with Gasteiger partial charge in [0.15, 0.2) is 0 Å². The van der Waals surface area contributed by atoms with E-state index in [0.717, 1.165) is 5.56 Å². The van der Waals surface area contributed by atoms with E-state index < -0.39 is 0 Å². The fraction of sp³-hybridized carbons (Fsp3) is 0.0625. The minimum atomic E-state index is -0.326. The van der Waals surface area contributed by atoms with E-state index in [1.807, 2.05) is 42.5 Å². The lowest BCUT2D eigenvalue weighted by Crippen LogP contribution is -2.16. The molecule has 98 valence electrons. The van der Waals surface area contributed by atoms with Crippen LogP contribution in [0, 0.1) is 0 Å². The third-order valence-corrected chi connectivity index (χ3v) is 3.08. The van der Waals surface area contributed by atoms with Crippen molar-refractivity contribution in [3.63, 3.8) is 0 Å². The minimum absolute atomic E-state index is 0.194. The van der Waals surface area contributed by atoms with Crippen LogP contribution in [0.2, 0.25) is 0 Å². The Bertz CT molecular complexity index is 705. The second kappa shape index (κ2) is 5.09. The number of benzene rings is 2. The SMILES string of the molecule is O=C(Cc1ccccc1)N=C1C(=O)Nc2ccccc21. The van der Waals surface area contributed by atoms with Crippen LogP contribution in [-0.4, -0.2) is 17.5 Å². The van der Waals surface area contributed by atoms with E-state index >= 15 is 0 Å². The molecule has 0 unspecified atom stereocenters. The van der Waals surface area contributed by atoms with Crippen molar-refractivity contribution in [2.45, 2.75) is 6.42 Å². The van der Waals surface area contributed by atoms with Gasteiger partial charge < -0.3 is 5.32 Å². The lowest BCUT2D eigenvalue weighted by molar-refractivity contribution is -0.117. The summed E-state index contributed by atoms with van der Waals surface area (Å²) >= 11 is 0. The number of fused-ring (bicyclic) bond motifs is 1. The lowest BCUT2D eigenvalue weighted by atomic mass is 10.1. The number of para-hydroxylation sites is 1. The zero-order valence-electron chi connectivity index (χ0n) is 10.7. The molecule has 2 aromatic rings. The molecule has 0 aliphatic carbocycles. The van der Waals surface area contributed by atoms with Crippen LogP contribution >= 0.6 is 0 Å². The predicted molar refractivity (Wildman–Crippen MR) is 76.8 cm³/mol. The van der Waals surface area contributed by atoms with Crippen LogP contribution in [-0.2, 0) is 16.0 Å². The summed E-state index contributed by atoms with van der Waals surface area (Å²) < 4.78 is 0. The van der Waals surface area contributed by atoms with Gasteiger partial charge in [-0.15, -0.1) is 0 Å². The molecule has 0 aromatic heterocycles. The average molecular weight is 264 g/mol. The predicted octanol–water partition coefficient (Wildman–Crippen LogP) is 2.20. The van der Waals surface area contributed by atoms with Crippen LogP contribution < -0.4 is 5.32 Å². The molecule has 1 heterocycles. The van der Waals surface area contributed by atoms with Gasteiger partial charge in [0.25, 0.3) is 11.8 Å². The number of nitrogens with one attached hydrogen (secondary N) is 1. The van der Waals surface area contributed by atoms with Gasteiger partial charge in [0.05, 0.1) is 12.1 Å². The van der Waals surface area contributed by atoms with Gasteiger partial charge in [-0.25, -0.2) is 4.99 Å². The van der Waals surface area contributed by atoms with Gasteiger partial charge in [0.1, 0.15) is 5.71 Å². The number of anilines is 1. The molecule has 0 atom stereocenters. The Morgan fingerprint density at radius 1 is 1.00 bits per heavy atom. The van der Waals surface area contributed by atoms with Crippen LogP contribution in [0.15, 0.2) is 59.6 Å². The number of aliphatic imine (C=N–C) groups is 1. The highest BCUT2D eigenvalue weighted by Crippen LogP contribution is 2.22. The maximum atomic E-state index is 12.0. The molecular formula is C16H12N2O2. The van der Waals surface area contributed by atoms with Gasteiger partial charge in [0, 0.05) is 5.56 Å². The van der Waals surface area contributed by atoms with E-state index in [1.165, 1.54) is 0 Å². The van der Waals surface area contributed by atoms with E-state index in [9.17, 15) is 9.59 Å². The Morgan fingerprint density at radius 3 is 2.50 bits per heavy atom. The molecule has 4 nitrogen and oxygen atoms in total. The summed E-state index contributed by atoms with van der Waals surface area (Å²) in [4.78, 5) is 27.7. The average Bonchev–Trinajstić information content (AvgIpc) is 2.76. The van der Waals surface area contributed by atoms with Gasteiger partial charge in [-0.2, -0.15) is 0 Å². The van der Waals surface area contributed by atoms with E-state index in [1.54, 1.807) is 12.1 Å². The molecule has 0 saturated heterocycles. The molecule has 2 amide bonds. The smallest absolute Gasteiger partial charge is 0.275 e. The molecular weight excluding hydrogens is 252 g/mol. The second-order valence-corrected chi connectivity index (χ2v) is 4.52. The maximum absolute atomic E-state index is 12.0. The summed E-state index contributed by atoms with van der Waals surface area (Å²) in [5.41, 5.74) is 2.46. The number of carbonyl (C=O) groups excluding carboxylic acids is 2. The van der Waals surface area contributed by atoms with Crippen molar-refractivity contribution in [1.29, 1.82) is 0 Å². The number of amides is 2. The van der Waals surface area contributed by atoms with Crippen LogP contribution in [0.25, 0.3) is 0 Å². The largest absolute Gasteiger partial charge is 0.320 e. The monoisotopic (exact) mass is 264 g/mol. The third-order valence-electron chi connectivity index (χ3n) is 3.08. The molecule has 4 heteroatoms. The molecule has 3 rings (SSSR count). The van der Waals surface area contributed by atoms with Crippen molar-refractivity contribution in [1.82, 2.24) is 0 Å². The maximum Gasteiger partial charge on any atom is 0.275 e. The van der Waals surface area contributed by atoms with Crippen molar-refractivity contribution in [3.05, 3.63) is 65.7 Å². The number of rotatable bonds is 2. The fourth-order valence-corrected chi connectivity index (χ4v) is 2.15. The summed E-state index contributed by atoms with van der Waals surface area (Å²) in [6.07, 6.45) is 0.194. The Morgan fingerprint density at radius 2 is 1.70 bits per heavy atom. The first kappa shape index (κ1) is 12.3. The summed E-state index contributed by atoms with van der Waals surface area (Å²) in [5, 5.41) is 2.69. The molecule has 2 aromatic carbocycles. The Hall–Kier alpha value is -2.75. The van der Waals surface area contributed by atoms with Crippen LogP contribution in [0.1, 0.15) is 11.1 Å². The van der Waals surface area contributed by atoms with Crippen LogP contribution in [0.3, 0.4) is 0 Å². The normalized spacial score (nSPS) is 15.0. The fourth-order valence-electron chi connectivity index (χ4n) is 2.15. The Balaban J connectivity index is 1.85. The van der Waals surface area contributed by atoms with Gasteiger partial charge >= 0.3 is 0 Å². The van der Waals surface area contributed by atoms with Crippen molar-refractivity contribution in [2.24, 2.45) is 4.99 Å². The quantitative estimate of drug-likeness (QED) is 0.904. The summed E-state index contributed by atoms with van der Waals surface area (Å²) in [6.45, 7) is 0. The molecule has 1 aliphatic heterocycles.